The molecule has 0 spiro atoms. The Kier molecular flexibility index (Phi) is 9.58. The smallest absolute Gasteiger partial charge is 0.250 e. The predicted octanol–water partition coefficient (Wildman–Crippen LogP) is 5.33. The van der Waals surface area contributed by atoms with Gasteiger partial charge in [-0.15, -0.1) is 0 Å². The standard InChI is InChI=1S/C30H45F3N4O3/c1-19(2)28(34)36-40-18-37-11-9-29(4,10-12-37)25-15-24(25)20(3)17-39-23-6-5-21(26(31)14-23)13-27(38)35-22-7-8-30(32,33)16-22/h5-6,14,19-20,22,24-25H,7-13,15-18H2,1-4H3,(H2,34,36)(H,35,38). The van der Waals surface area contributed by atoms with E-state index >= 15 is 0 Å². The Bertz CT molecular complexity index is 1060. The van der Waals surface area contributed by atoms with E-state index in [-0.39, 0.29) is 37.2 Å². The van der Waals surface area contributed by atoms with Crippen molar-refractivity contribution in [2.24, 2.45) is 40.0 Å². The molecule has 7 nitrogen and oxygen atoms in total. The maximum Gasteiger partial charge on any atom is 0.250 e. The van der Waals surface area contributed by atoms with Crippen LogP contribution in [0.15, 0.2) is 23.4 Å². The lowest BCUT2D eigenvalue weighted by molar-refractivity contribution is -0.121. The number of likely N-dealkylation sites (tertiary alicyclic amines) is 1. The molecule has 4 atom stereocenters. The minimum atomic E-state index is -2.73. The van der Waals surface area contributed by atoms with Crippen molar-refractivity contribution in [2.75, 3.05) is 26.4 Å². The molecular formula is C30H45F3N4O3. The number of alkyl halides is 2. The van der Waals surface area contributed by atoms with E-state index in [0.717, 1.165) is 25.9 Å². The molecule has 1 aromatic carbocycles. The zero-order chi connectivity index (χ0) is 29.1. The number of amidine groups is 1. The van der Waals surface area contributed by atoms with Gasteiger partial charge >= 0.3 is 0 Å². The highest BCUT2D eigenvalue weighted by molar-refractivity contribution is 5.81. The second-order valence-electron chi connectivity index (χ2n) is 12.8. The maximum absolute atomic E-state index is 14.7. The summed E-state index contributed by atoms with van der Waals surface area (Å²) in [6, 6.07) is 3.96. The fourth-order valence-corrected chi connectivity index (χ4v) is 6.14. The number of ether oxygens (including phenoxy) is 1. The number of amides is 1. The van der Waals surface area contributed by atoms with Gasteiger partial charge in [0.05, 0.1) is 13.0 Å². The summed E-state index contributed by atoms with van der Waals surface area (Å²) in [5.41, 5.74) is 6.35. The number of rotatable bonds is 12. The van der Waals surface area contributed by atoms with Crippen LogP contribution in [0.3, 0.4) is 0 Å². The normalized spacial score (nSPS) is 26.9. The monoisotopic (exact) mass is 566 g/mol. The van der Waals surface area contributed by atoms with Gasteiger partial charge in [-0.25, -0.2) is 13.2 Å². The number of oxime groups is 1. The van der Waals surface area contributed by atoms with Gasteiger partial charge in [0.2, 0.25) is 11.8 Å². The van der Waals surface area contributed by atoms with Crippen LogP contribution in [0.25, 0.3) is 0 Å². The molecule has 224 valence electrons. The SMILES string of the molecule is CC(C)C(N)=NOCN1CCC(C)(C2CC2C(C)COc2ccc(CC(=O)NC3CCC(F)(F)C3)c(F)c2)CC1. The average Bonchev–Trinajstić information content (AvgIpc) is 3.64. The molecule has 3 fully saturated rings. The van der Waals surface area contributed by atoms with Crippen LogP contribution in [-0.4, -0.2) is 55.0 Å². The molecule has 40 heavy (non-hydrogen) atoms. The van der Waals surface area contributed by atoms with E-state index in [0.29, 0.717) is 48.1 Å². The van der Waals surface area contributed by atoms with Crippen molar-refractivity contribution in [1.29, 1.82) is 0 Å². The third-order valence-corrected chi connectivity index (χ3v) is 9.12. The minimum absolute atomic E-state index is 0.169. The zero-order valence-electron chi connectivity index (χ0n) is 24.2. The molecule has 4 rings (SSSR count). The van der Waals surface area contributed by atoms with Crippen LogP contribution < -0.4 is 15.8 Å². The highest BCUT2D eigenvalue weighted by atomic mass is 19.3. The summed E-state index contributed by atoms with van der Waals surface area (Å²) >= 11 is 0. The second-order valence-corrected chi connectivity index (χ2v) is 12.8. The molecule has 3 N–H and O–H groups in total. The topological polar surface area (TPSA) is 89.2 Å². The number of hydrogen-bond donors (Lipinski definition) is 2. The Morgan fingerprint density at radius 3 is 2.58 bits per heavy atom. The van der Waals surface area contributed by atoms with Crippen molar-refractivity contribution in [2.45, 2.75) is 84.6 Å². The van der Waals surface area contributed by atoms with E-state index in [1.165, 1.54) is 12.5 Å². The molecule has 4 unspecified atom stereocenters. The number of benzene rings is 1. The number of nitrogens with zero attached hydrogens (tertiary/aromatic N) is 2. The van der Waals surface area contributed by atoms with Crippen molar-refractivity contribution >= 4 is 11.7 Å². The average molecular weight is 567 g/mol. The van der Waals surface area contributed by atoms with E-state index in [1.54, 1.807) is 12.1 Å². The minimum Gasteiger partial charge on any atom is -0.493 e. The molecule has 1 aromatic rings. The number of carbonyl (C=O) groups excluding carboxylic acids is 1. The summed E-state index contributed by atoms with van der Waals surface area (Å²) < 4.78 is 47.3. The van der Waals surface area contributed by atoms with Crippen LogP contribution in [0.5, 0.6) is 5.75 Å². The highest BCUT2D eigenvalue weighted by Gasteiger charge is 2.52. The number of nitrogens with two attached hydrogens (primary N) is 1. The Morgan fingerprint density at radius 2 is 1.95 bits per heavy atom. The van der Waals surface area contributed by atoms with Crippen LogP contribution in [0.2, 0.25) is 0 Å². The Hall–Kier alpha value is -2.49. The van der Waals surface area contributed by atoms with E-state index in [2.05, 4.69) is 29.2 Å². The lowest BCUT2D eigenvalue weighted by atomic mass is 9.74. The Labute approximate surface area is 236 Å². The van der Waals surface area contributed by atoms with Crippen LogP contribution in [0, 0.1) is 34.9 Å². The first-order chi connectivity index (χ1) is 18.8. The van der Waals surface area contributed by atoms with Crippen molar-refractivity contribution < 1.29 is 27.5 Å². The van der Waals surface area contributed by atoms with Gasteiger partial charge in [-0.3, -0.25) is 9.69 Å². The molecule has 1 heterocycles. The molecular weight excluding hydrogens is 521 g/mol. The largest absolute Gasteiger partial charge is 0.493 e. The first-order valence-electron chi connectivity index (χ1n) is 14.6. The number of hydrogen-bond acceptors (Lipinski definition) is 5. The fourth-order valence-electron chi connectivity index (χ4n) is 6.14. The Balaban J connectivity index is 1.17. The van der Waals surface area contributed by atoms with Crippen LogP contribution >= 0.6 is 0 Å². The lowest BCUT2D eigenvalue weighted by Crippen LogP contribution is -2.41. The van der Waals surface area contributed by atoms with E-state index in [4.69, 9.17) is 15.3 Å². The first kappa shape index (κ1) is 30.5. The van der Waals surface area contributed by atoms with Gasteiger partial charge in [0.25, 0.3) is 0 Å². The van der Waals surface area contributed by atoms with Gasteiger partial charge in [0.1, 0.15) is 17.4 Å². The lowest BCUT2D eigenvalue weighted by Gasteiger charge is -2.39. The molecule has 2 aliphatic carbocycles. The zero-order valence-corrected chi connectivity index (χ0v) is 24.2. The van der Waals surface area contributed by atoms with Gasteiger partial charge in [0, 0.05) is 44.0 Å². The summed E-state index contributed by atoms with van der Waals surface area (Å²) in [6.07, 6.45) is 2.87. The Morgan fingerprint density at radius 1 is 1.23 bits per heavy atom. The molecule has 3 aliphatic rings. The molecule has 1 amide bonds. The third-order valence-electron chi connectivity index (χ3n) is 9.12. The molecule has 1 saturated heterocycles. The molecule has 2 saturated carbocycles. The number of piperidine rings is 1. The number of carbonyl (C=O) groups is 1. The van der Waals surface area contributed by atoms with Gasteiger partial charge < -0.3 is 20.6 Å². The van der Waals surface area contributed by atoms with Crippen molar-refractivity contribution in [3.8, 4) is 5.75 Å². The summed E-state index contributed by atoms with van der Waals surface area (Å²) in [5.74, 6) is -1.01. The molecule has 0 radical (unpaired) electrons. The molecule has 0 bridgehead atoms. The van der Waals surface area contributed by atoms with Crippen molar-refractivity contribution in [1.82, 2.24) is 10.2 Å². The summed E-state index contributed by atoms with van der Waals surface area (Å²) in [7, 11) is 0. The van der Waals surface area contributed by atoms with Crippen LogP contribution in [-0.2, 0) is 16.1 Å². The summed E-state index contributed by atoms with van der Waals surface area (Å²) in [6.45, 7) is 11.4. The molecule has 10 heteroatoms. The summed E-state index contributed by atoms with van der Waals surface area (Å²) in [5, 5.41) is 6.60. The van der Waals surface area contributed by atoms with Gasteiger partial charge in [-0.2, -0.15) is 0 Å². The third kappa shape index (κ3) is 8.04. The van der Waals surface area contributed by atoms with Crippen LogP contribution in [0.1, 0.15) is 71.8 Å². The molecule has 1 aliphatic heterocycles. The van der Waals surface area contributed by atoms with Crippen molar-refractivity contribution in [3.63, 3.8) is 0 Å². The van der Waals surface area contributed by atoms with Crippen molar-refractivity contribution in [3.05, 3.63) is 29.6 Å². The van der Waals surface area contributed by atoms with E-state index in [1.807, 2.05) is 13.8 Å². The number of nitrogens with one attached hydrogen (secondary N) is 1. The van der Waals surface area contributed by atoms with E-state index in [9.17, 15) is 18.0 Å². The first-order valence-corrected chi connectivity index (χ1v) is 14.6. The fraction of sp³-hybridized carbons (Fsp3) is 0.733. The quantitative estimate of drug-likeness (QED) is 0.203. The van der Waals surface area contributed by atoms with Gasteiger partial charge in [-0.1, -0.05) is 38.9 Å². The second kappa shape index (κ2) is 12.6. The highest BCUT2D eigenvalue weighted by Crippen LogP contribution is 2.58. The van der Waals surface area contributed by atoms with Gasteiger partial charge in [-0.05, 0) is 60.5 Å². The van der Waals surface area contributed by atoms with Crippen LogP contribution in [0.4, 0.5) is 13.2 Å². The van der Waals surface area contributed by atoms with E-state index < -0.39 is 23.7 Å². The maximum atomic E-state index is 14.7. The predicted molar refractivity (Wildman–Crippen MR) is 148 cm³/mol. The summed E-state index contributed by atoms with van der Waals surface area (Å²) in [4.78, 5) is 20.0. The number of halogens is 3. The molecule has 0 aromatic heterocycles. The van der Waals surface area contributed by atoms with Gasteiger partial charge in [0.15, 0.2) is 6.73 Å².